The van der Waals surface area contributed by atoms with Gasteiger partial charge in [-0.1, -0.05) is 0 Å². The van der Waals surface area contributed by atoms with Crippen LogP contribution in [0.25, 0.3) is 0 Å². The minimum atomic E-state index is -5.05. The zero-order valence-corrected chi connectivity index (χ0v) is 9.38. The summed E-state index contributed by atoms with van der Waals surface area (Å²) in [5.74, 6) is 0. The van der Waals surface area contributed by atoms with E-state index in [9.17, 15) is 9.13 Å². The summed E-state index contributed by atoms with van der Waals surface area (Å²) in [4.78, 5) is 31.0. The SMILES string of the molecule is O=P(O)(O)OP(=O)(O)O.[MgH2].[MgH2].[V].[V]. The van der Waals surface area contributed by atoms with E-state index in [1.165, 1.54) is 0 Å². The van der Waals surface area contributed by atoms with E-state index in [-0.39, 0.29) is 83.2 Å². The Hall–Kier alpha value is 2.96. The van der Waals surface area contributed by atoms with Gasteiger partial charge in [0, 0.05) is 37.1 Å². The van der Waals surface area contributed by atoms with Gasteiger partial charge in [0.05, 0.1) is 0 Å². The topological polar surface area (TPSA) is 124 Å². The first-order valence-electron chi connectivity index (χ1n) is 1.53. The van der Waals surface area contributed by atoms with Gasteiger partial charge >= 0.3 is 61.8 Å². The molecule has 0 fully saturated rings. The van der Waals surface area contributed by atoms with Crippen LogP contribution in [0.4, 0.5) is 0 Å². The molecule has 0 aliphatic rings. The van der Waals surface area contributed by atoms with Gasteiger partial charge in [0.25, 0.3) is 0 Å². The molecule has 0 heterocycles. The summed E-state index contributed by atoms with van der Waals surface area (Å²) in [6.07, 6.45) is 0. The van der Waals surface area contributed by atoms with Crippen LogP contribution in [0.1, 0.15) is 0 Å². The Labute approximate surface area is 130 Å². The molecule has 7 nitrogen and oxygen atoms in total. The molecule has 0 rings (SSSR count). The van der Waals surface area contributed by atoms with E-state index in [0.717, 1.165) is 0 Å². The summed E-state index contributed by atoms with van der Waals surface area (Å²) >= 11 is 0. The second-order valence-electron chi connectivity index (χ2n) is 1.06. The molecule has 2 radical (unpaired) electrons. The van der Waals surface area contributed by atoms with Gasteiger partial charge in [-0.15, -0.1) is 0 Å². The quantitative estimate of drug-likeness (QED) is 0.322. The third-order valence-corrected chi connectivity index (χ3v) is 1.91. The smallest absolute Gasteiger partial charge is 0.302 e. The fourth-order valence-electron chi connectivity index (χ4n) is 0.139. The third kappa shape index (κ3) is 31.3. The molecule has 4 N–H and O–H groups in total. The standard InChI is InChI=1S/2Mg.H4O7P2.2V.4H/c;;1-8(2,3)7-9(4,5)6;;;;;;/h;;(H2,1,2,3)(H2,4,5,6);;;;;;. The van der Waals surface area contributed by atoms with E-state index < -0.39 is 15.6 Å². The minimum absolute atomic E-state index is 0. The second-order valence-corrected chi connectivity index (χ2v) is 3.68. The fourth-order valence-corrected chi connectivity index (χ4v) is 1.25. The predicted octanol–water partition coefficient (Wildman–Crippen LogP) is -2.65. The normalized spacial score (nSPS) is 9.54. The van der Waals surface area contributed by atoms with E-state index in [1.807, 2.05) is 0 Å². The first-order chi connectivity index (χ1) is 3.71. The largest absolute Gasteiger partial charge is 0.478 e. The molecular weight excluding hydrogens is 324 g/mol. The maximum absolute atomic E-state index is 9.63. The summed E-state index contributed by atoms with van der Waals surface area (Å²) in [6, 6.07) is 0. The first-order valence-corrected chi connectivity index (χ1v) is 4.59. The zero-order chi connectivity index (χ0) is 7.71. The van der Waals surface area contributed by atoms with Crippen molar-refractivity contribution in [3.63, 3.8) is 0 Å². The van der Waals surface area contributed by atoms with Crippen LogP contribution in [0, 0.1) is 0 Å². The molecule has 0 unspecified atom stereocenters. The summed E-state index contributed by atoms with van der Waals surface area (Å²) in [6.45, 7) is 0. The molecule has 13 heavy (non-hydrogen) atoms. The van der Waals surface area contributed by atoms with Gasteiger partial charge in [0.15, 0.2) is 0 Å². The molecule has 0 aromatic carbocycles. The van der Waals surface area contributed by atoms with Crippen molar-refractivity contribution in [2.24, 2.45) is 0 Å². The van der Waals surface area contributed by atoms with Gasteiger partial charge in [-0.05, 0) is 0 Å². The summed E-state index contributed by atoms with van der Waals surface area (Å²) < 4.78 is 22.2. The fraction of sp³-hybridized carbons (Fsp3) is 0. The summed E-state index contributed by atoms with van der Waals surface area (Å²) in [5.41, 5.74) is 0. The van der Waals surface area contributed by atoms with Crippen LogP contribution >= 0.6 is 15.6 Å². The van der Waals surface area contributed by atoms with Gasteiger partial charge in [0.1, 0.15) is 0 Å². The van der Waals surface area contributed by atoms with Crippen molar-refractivity contribution in [2.75, 3.05) is 0 Å². The molecule has 0 aliphatic carbocycles. The second kappa shape index (κ2) is 11.4. The average molecular weight is 333 g/mol. The van der Waals surface area contributed by atoms with Crippen LogP contribution in [0.15, 0.2) is 0 Å². The van der Waals surface area contributed by atoms with Crippen LogP contribution < -0.4 is 0 Å². The van der Waals surface area contributed by atoms with Crippen molar-refractivity contribution in [1.82, 2.24) is 0 Å². The van der Waals surface area contributed by atoms with Crippen molar-refractivity contribution >= 4 is 61.8 Å². The van der Waals surface area contributed by atoms with Gasteiger partial charge in [-0.25, -0.2) is 9.13 Å². The predicted molar refractivity (Wildman–Crippen MR) is 42.3 cm³/mol. The Balaban J connectivity index is -0.0000000533. The molecule has 0 saturated carbocycles. The molecule has 0 spiro atoms. The molecule has 0 atom stereocenters. The monoisotopic (exact) mass is 332 g/mol. The van der Waals surface area contributed by atoms with Crippen LogP contribution in [0.2, 0.25) is 0 Å². The maximum atomic E-state index is 9.63. The Bertz CT molecular complexity index is 163. The van der Waals surface area contributed by atoms with Gasteiger partial charge < -0.3 is 19.6 Å². The van der Waals surface area contributed by atoms with Gasteiger partial charge in [0.2, 0.25) is 0 Å². The van der Waals surface area contributed by atoms with Crippen LogP contribution in [-0.2, 0) is 50.6 Å². The molecule has 0 aliphatic heterocycles. The average Bonchev–Trinajstić information content (AvgIpc) is 1.14. The Morgan fingerprint density at radius 3 is 0.923 bits per heavy atom. The number of phosphoric acid groups is 2. The molecule has 74 valence electrons. The van der Waals surface area contributed by atoms with E-state index in [0.29, 0.717) is 0 Å². The van der Waals surface area contributed by atoms with E-state index >= 15 is 0 Å². The minimum Gasteiger partial charge on any atom is -0.302 e. The van der Waals surface area contributed by atoms with Crippen LogP contribution in [0.3, 0.4) is 0 Å². The van der Waals surface area contributed by atoms with Crippen molar-refractivity contribution in [2.45, 2.75) is 0 Å². The molecule has 0 aromatic rings. The molecular formula is H8Mg2O7P2V2. The number of hydrogen-bond acceptors (Lipinski definition) is 3. The first kappa shape index (κ1) is 29.7. The molecule has 0 saturated heterocycles. The van der Waals surface area contributed by atoms with Crippen LogP contribution in [0.5, 0.6) is 0 Å². The Kier molecular flexibility index (Phi) is 26.2. The molecule has 0 bridgehead atoms. The van der Waals surface area contributed by atoms with Crippen molar-refractivity contribution in [3.05, 3.63) is 0 Å². The van der Waals surface area contributed by atoms with E-state index in [2.05, 4.69) is 4.31 Å². The summed E-state index contributed by atoms with van der Waals surface area (Å²) in [5, 5.41) is 0. The third-order valence-electron chi connectivity index (χ3n) is 0.213. The van der Waals surface area contributed by atoms with Gasteiger partial charge in [-0.3, -0.25) is 0 Å². The van der Waals surface area contributed by atoms with Crippen molar-refractivity contribution in [3.8, 4) is 0 Å². The Morgan fingerprint density at radius 2 is 0.923 bits per heavy atom. The summed E-state index contributed by atoms with van der Waals surface area (Å²) in [7, 11) is -10.1. The Morgan fingerprint density at radius 1 is 0.769 bits per heavy atom. The van der Waals surface area contributed by atoms with E-state index in [4.69, 9.17) is 19.6 Å². The van der Waals surface area contributed by atoms with E-state index in [1.54, 1.807) is 0 Å². The molecule has 0 amide bonds. The maximum Gasteiger partial charge on any atom is 0.478 e. The van der Waals surface area contributed by atoms with Gasteiger partial charge in [-0.2, -0.15) is 4.31 Å². The number of rotatable bonds is 2. The molecule has 13 heteroatoms. The molecule has 0 aromatic heterocycles. The van der Waals surface area contributed by atoms with Crippen molar-refractivity contribution in [1.29, 1.82) is 0 Å². The zero-order valence-electron chi connectivity index (χ0n) is 4.80. The number of hydrogen-bond donors (Lipinski definition) is 4. The van der Waals surface area contributed by atoms with Crippen molar-refractivity contribution < 1.29 is 70.1 Å². The van der Waals surface area contributed by atoms with Crippen LogP contribution in [-0.4, -0.2) is 65.7 Å².